The Morgan fingerprint density at radius 2 is 2.00 bits per heavy atom. The summed E-state index contributed by atoms with van der Waals surface area (Å²) in [7, 11) is 0. The molecule has 4 nitrogen and oxygen atoms in total. The zero-order valence-electron chi connectivity index (χ0n) is 15.0. The first-order chi connectivity index (χ1) is 11.6. The molecule has 1 amide bonds. The first-order valence-corrected chi connectivity index (χ1v) is 8.92. The summed E-state index contributed by atoms with van der Waals surface area (Å²) >= 11 is 0. The first-order valence-electron chi connectivity index (χ1n) is 8.92. The smallest absolute Gasteiger partial charge is 0.226 e. The van der Waals surface area contributed by atoms with Crippen LogP contribution in [0.25, 0.3) is 11.5 Å². The monoisotopic (exact) mass is 328 g/mol. The van der Waals surface area contributed by atoms with Gasteiger partial charge in [0.2, 0.25) is 11.8 Å². The van der Waals surface area contributed by atoms with E-state index in [9.17, 15) is 4.79 Å². The Morgan fingerprint density at radius 3 is 2.67 bits per heavy atom. The Bertz CT molecular complexity index is 634. The molecule has 0 spiro atoms. The van der Waals surface area contributed by atoms with E-state index >= 15 is 0 Å². The highest BCUT2D eigenvalue weighted by Gasteiger charge is 2.15. The number of nitrogens with one attached hydrogen (secondary N) is 1. The van der Waals surface area contributed by atoms with Crippen LogP contribution in [0.15, 0.2) is 34.7 Å². The number of amides is 1. The van der Waals surface area contributed by atoms with Crippen molar-refractivity contribution in [2.45, 2.75) is 52.9 Å². The van der Waals surface area contributed by atoms with Crippen molar-refractivity contribution in [1.29, 1.82) is 0 Å². The number of carbonyl (C=O) groups is 1. The average Bonchev–Trinajstić information content (AvgIpc) is 2.96. The molecule has 0 saturated heterocycles. The van der Waals surface area contributed by atoms with E-state index in [0.29, 0.717) is 23.3 Å². The van der Waals surface area contributed by atoms with E-state index in [1.54, 1.807) is 0 Å². The predicted octanol–water partition coefficient (Wildman–Crippen LogP) is 4.53. The summed E-state index contributed by atoms with van der Waals surface area (Å²) in [4.78, 5) is 16.7. The van der Waals surface area contributed by atoms with Gasteiger partial charge in [-0.05, 0) is 31.4 Å². The minimum absolute atomic E-state index is 0.0148. The number of hydrogen-bond acceptors (Lipinski definition) is 3. The summed E-state index contributed by atoms with van der Waals surface area (Å²) in [6.45, 7) is 6.99. The predicted molar refractivity (Wildman–Crippen MR) is 96.7 cm³/mol. The topological polar surface area (TPSA) is 55.1 Å². The van der Waals surface area contributed by atoms with Crippen LogP contribution in [0.4, 0.5) is 0 Å². The van der Waals surface area contributed by atoms with Crippen molar-refractivity contribution in [3.8, 4) is 11.5 Å². The number of aryl methyl sites for hydroxylation is 1. The van der Waals surface area contributed by atoms with Gasteiger partial charge in [-0.25, -0.2) is 4.98 Å². The van der Waals surface area contributed by atoms with Crippen LogP contribution in [0.3, 0.4) is 0 Å². The minimum Gasteiger partial charge on any atom is -0.441 e. The summed E-state index contributed by atoms with van der Waals surface area (Å²) in [6.07, 6.45) is 4.96. The third-order valence-corrected chi connectivity index (χ3v) is 4.37. The van der Waals surface area contributed by atoms with Gasteiger partial charge in [0.25, 0.3) is 0 Å². The quantitative estimate of drug-likeness (QED) is 0.736. The maximum atomic E-state index is 12.2. The molecule has 1 unspecified atom stereocenters. The summed E-state index contributed by atoms with van der Waals surface area (Å²) in [5, 5.41) is 3.05. The number of carbonyl (C=O) groups excluding carboxylic acids is 1. The second-order valence-corrected chi connectivity index (χ2v) is 6.29. The summed E-state index contributed by atoms with van der Waals surface area (Å²) in [6, 6.07) is 9.75. The lowest BCUT2D eigenvalue weighted by atomic mass is 9.99. The lowest BCUT2D eigenvalue weighted by Crippen LogP contribution is -2.30. The number of benzene rings is 1. The van der Waals surface area contributed by atoms with Crippen LogP contribution in [0, 0.1) is 12.8 Å². The second-order valence-electron chi connectivity index (χ2n) is 6.29. The van der Waals surface area contributed by atoms with E-state index in [4.69, 9.17) is 4.42 Å². The Labute approximate surface area is 144 Å². The van der Waals surface area contributed by atoms with Crippen LogP contribution in [0.5, 0.6) is 0 Å². The largest absolute Gasteiger partial charge is 0.441 e. The summed E-state index contributed by atoms with van der Waals surface area (Å²) in [5.41, 5.74) is 1.64. The van der Waals surface area contributed by atoms with Gasteiger partial charge in [-0.1, -0.05) is 51.3 Å². The highest BCUT2D eigenvalue weighted by Crippen LogP contribution is 2.21. The van der Waals surface area contributed by atoms with E-state index < -0.39 is 0 Å². The molecule has 4 heteroatoms. The maximum Gasteiger partial charge on any atom is 0.226 e. The molecule has 1 aromatic heterocycles. The highest BCUT2D eigenvalue weighted by atomic mass is 16.4. The maximum absolute atomic E-state index is 12.2. The molecule has 0 aliphatic rings. The van der Waals surface area contributed by atoms with Crippen molar-refractivity contribution in [2.24, 2.45) is 5.92 Å². The molecule has 1 aromatic carbocycles. The fourth-order valence-corrected chi connectivity index (χ4v) is 2.71. The Hall–Kier alpha value is -2.10. The molecular formula is C20H28N2O2. The fourth-order valence-electron chi connectivity index (χ4n) is 2.71. The lowest BCUT2D eigenvalue weighted by Gasteiger charge is -2.15. The Morgan fingerprint density at radius 1 is 1.25 bits per heavy atom. The molecule has 0 bridgehead atoms. The number of rotatable bonds is 9. The van der Waals surface area contributed by atoms with Gasteiger partial charge in [0.1, 0.15) is 5.76 Å². The molecule has 2 aromatic rings. The Balaban J connectivity index is 1.91. The molecule has 130 valence electrons. The second kappa shape index (κ2) is 9.26. The first kappa shape index (κ1) is 18.2. The molecule has 1 atom stereocenters. The number of unbranched alkanes of at least 4 members (excludes halogenated alkanes) is 1. The number of nitrogens with zero attached hydrogens (tertiary/aromatic N) is 1. The minimum atomic E-state index is 0.0148. The average molecular weight is 328 g/mol. The Kier molecular flexibility index (Phi) is 7.04. The third-order valence-electron chi connectivity index (χ3n) is 4.37. The normalized spacial score (nSPS) is 12.1. The van der Waals surface area contributed by atoms with Gasteiger partial charge in [-0.2, -0.15) is 0 Å². The lowest BCUT2D eigenvalue weighted by molar-refractivity contribution is -0.120. The van der Waals surface area contributed by atoms with Crippen LogP contribution >= 0.6 is 0 Å². The van der Waals surface area contributed by atoms with Gasteiger partial charge in [-0.15, -0.1) is 0 Å². The molecule has 0 fully saturated rings. The molecule has 0 saturated carbocycles. The molecule has 0 radical (unpaired) electrons. The molecular weight excluding hydrogens is 300 g/mol. The van der Waals surface area contributed by atoms with Crippen LogP contribution in [0.1, 0.15) is 51.0 Å². The molecule has 1 heterocycles. The van der Waals surface area contributed by atoms with Gasteiger partial charge >= 0.3 is 0 Å². The van der Waals surface area contributed by atoms with Crippen LogP contribution in [-0.4, -0.2) is 17.4 Å². The van der Waals surface area contributed by atoms with Crippen LogP contribution < -0.4 is 5.32 Å². The van der Waals surface area contributed by atoms with Crippen LogP contribution in [0.2, 0.25) is 0 Å². The summed E-state index contributed by atoms with van der Waals surface area (Å²) < 4.78 is 5.71. The zero-order valence-corrected chi connectivity index (χ0v) is 15.0. The van der Waals surface area contributed by atoms with Crippen molar-refractivity contribution in [3.63, 3.8) is 0 Å². The van der Waals surface area contributed by atoms with Crippen molar-refractivity contribution in [3.05, 3.63) is 41.8 Å². The third kappa shape index (κ3) is 5.22. The number of oxazole rings is 1. The van der Waals surface area contributed by atoms with E-state index in [1.807, 2.05) is 37.3 Å². The molecule has 1 N–H and O–H groups in total. The van der Waals surface area contributed by atoms with E-state index in [1.165, 1.54) is 19.3 Å². The van der Waals surface area contributed by atoms with Gasteiger partial charge < -0.3 is 9.73 Å². The SMILES string of the molecule is CCCCC(CC)CNC(=O)Cc1nc(-c2ccccc2)oc1C. The molecule has 0 aliphatic heterocycles. The molecule has 2 rings (SSSR count). The van der Waals surface area contributed by atoms with Crippen molar-refractivity contribution in [2.75, 3.05) is 6.54 Å². The summed E-state index contributed by atoms with van der Waals surface area (Å²) in [5.74, 6) is 1.86. The molecule has 0 aliphatic carbocycles. The van der Waals surface area contributed by atoms with Gasteiger partial charge in [0.15, 0.2) is 0 Å². The fraction of sp³-hybridized carbons (Fsp3) is 0.500. The highest BCUT2D eigenvalue weighted by molar-refractivity contribution is 5.78. The number of aromatic nitrogens is 1. The van der Waals surface area contributed by atoms with Crippen molar-refractivity contribution in [1.82, 2.24) is 10.3 Å². The van der Waals surface area contributed by atoms with Crippen molar-refractivity contribution < 1.29 is 9.21 Å². The van der Waals surface area contributed by atoms with Gasteiger partial charge in [-0.3, -0.25) is 4.79 Å². The number of hydrogen-bond donors (Lipinski definition) is 1. The van der Waals surface area contributed by atoms with E-state index in [0.717, 1.165) is 18.5 Å². The van der Waals surface area contributed by atoms with E-state index in [-0.39, 0.29) is 12.3 Å². The van der Waals surface area contributed by atoms with Gasteiger partial charge in [0.05, 0.1) is 12.1 Å². The zero-order chi connectivity index (χ0) is 17.4. The van der Waals surface area contributed by atoms with Crippen LogP contribution in [-0.2, 0) is 11.2 Å². The van der Waals surface area contributed by atoms with E-state index in [2.05, 4.69) is 24.1 Å². The molecule has 24 heavy (non-hydrogen) atoms. The standard InChI is InChI=1S/C20H28N2O2/c1-4-6-10-16(5-2)14-21-19(23)13-18-15(3)24-20(22-18)17-11-8-7-9-12-17/h7-9,11-12,16H,4-6,10,13-14H2,1-3H3,(H,21,23). The van der Waals surface area contributed by atoms with Crippen molar-refractivity contribution >= 4 is 5.91 Å². The van der Waals surface area contributed by atoms with Gasteiger partial charge in [0, 0.05) is 12.1 Å².